The molecule has 3 aliphatic carbocycles. The predicted octanol–water partition coefficient (Wildman–Crippen LogP) is 4.17. The average molecular weight is 848 g/mol. The van der Waals surface area contributed by atoms with Crippen LogP contribution in [0.3, 0.4) is 0 Å². The minimum Gasteiger partial charge on any atom is -0.347 e. The molecule has 6 atom stereocenters. The van der Waals surface area contributed by atoms with Crippen molar-refractivity contribution in [2.45, 2.75) is 150 Å². The highest BCUT2D eigenvalue weighted by atomic mass is 32.1. The Morgan fingerprint density at radius 1 is 0.836 bits per heavy atom. The first-order valence-electron chi connectivity index (χ1n) is 18.2. The second-order valence-electron chi connectivity index (χ2n) is 15.5. The van der Waals surface area contributed by atoms with Crippen LogP contribution in [0.2, 0.25) is 0 Å². The van der Waals surface area contributed by atoms with Gasteiger partial charge in [0, 0.05) is 25.0 Å². The van der Waals surface area contributed by atoms with E-state index in [1.54, 1.807) is 4.90 Å². The monoisotopic (exact) mass is 847 g/mol. The van der Waals surface area contributed by atoms with Crippen LogP contribution < -0.4 is 21.3 Å². The summed E-state index contributed by atoms with van der Waals surface area (Å²) < 4.78 is 0. The molecule has 0 radical (unpaired) electrons. The number of likely N-dealkylation sites (tertiary alicyclic amines) is 1. The maximum absolute atomic E-state index is 14.6. The summed E-state index contributed by atoms with van der Waals surface area (Å²) in [4.78, 5) is 91.4. The van der Waals surface area contributed by atoms with Crippen LogP contribution >= 0.6 is 54.0 Å². The predicted molar refractivity (Wildman–Crippen MR) is 236 cm³/mol. The number of aromatic nitrogens is 2. The molecule has 2 heterocycles. The van der Waals surface area contributed by atoms with Crippen LogP contribution in [0.5, 0.6) is 0 Å². The van der Waals surface area contributed by atoms with Crippen molar-refractivity contribution in [2.75, 3.05) is 6.54 Å². The van der Waals surface area contributed by atoms with Crippen LogP contribution in [-0.2, 0) is 24.0 Å². The van der Waals surface area contributed by atoms with E-state index in [1.807, 2.05) is 27.7 Å². The fourth-order valence-electron chi connectivity index (χ4n) is 7.87. The van der Waals surface area contributed by atoms with Gasteiger partial charge in [-0.25, -0.2) is 4.98 Å². The highest BCUT2D eigenvalue weighted by molar-refractivity contribution is 7.59. The van der Waals surface area contributed by atoms with Gasteiger partial charge in [0.2, 0.25) is 23.5 Å². The van der Waals surface area contributed by atoms with Crippen molar-refractivity contribution in [3.63, 3.8) is 0 Å². The molecule has 4 N–H and O–H groups in total. The quantitative estimate of drug-likeness (QED) is 0.214. The van der Waals surface area contributed by atoms with E-state index in [9.17, 15) is 28.8 Å². The summed E-state index contributed by atoms with van der Waals surface area (Å²) in [6, 6.07) is -3.68. The van der Waals surface area contributed by atoms with Gasteiger partial charge in [0.25, 0.3) is 11.8 Å². The standard InChI is InChI=1S/C36H53N7O6.2CH4.4H2S/c1-5-10-25(29(44)34(48)39-23-15-16-23)40-33(47)28-24-14-9-13-22(24)20-43(28)35(49)30(36(2,3)4)42-32(46)27(21-11-7-6-8-12-21)41-31(45)26-19-37-17-18-38-26;;;;;;/h17-19,21-25,27-28,30H,5-16,20H2,1-4H3,(H,39,48)(H,40,47)(H,41,45)(H,42,46);2*1H4;4*1H2/t22-,24+,25+,27-,28?,30-;;;;;;/m1....../s1. The molecule has 4 aliphatic rings. The maximum atomic E-state index is 14.6. The number of nitrogens with one attached hydrogen (secondary N) is 4. The molecule has 5 rings (SSSR count). The van der Waals surface area contributed by atoms with E-state index in [2.05, 4.69) is 31.2 Å². The van der Waals surface area contributed by atoms with Gasteiger partial charge in [-0.1, -0.05) is 74.7 Å². The Morgan fingerprint density at radius 3 is 2.05 bits per heavy atom. The molecule has 0 spiro atoms. The van der Waals surface area contributed by atoms with Crippen LogP contribution in [0.1, 0.15) is 130 Å². The molecule has 1 saturated heterocycles. The van der Waals surface area contributed by atoms with E-state index in [0.717, 1.165) is 64.2 Å². The fraction of sp³-hybridized carbons (Fsp3) is 0.737. The summed E-state index contributed by atoms with van der Waals surface area (Å²) in [7, 11) is 0. The topological polar surface area (TPSA) is 180 Å². The Hall–Kier alpha value is -2.50. The molecule has 0 aromatic carbocycles. The number of carbonyl (C=O) groups excluding carboxylic acids is 6. The number of rotatable bonds is 13. The molecule has 55 heavy (non-hydrogen) atoms. The van der Waals surface area contributed by atoms with Crippen molar-refractivity contribution < 1.29 is 28.8 Å². The molecule has 17 heteroatoms. The third-order valence-electron chi connectivity index (χ3n) is 10.7. The first-order valence-corrected chi connectivity index (χ1v) is 18.2. The molecule has 1 unspecified atom stereocenters. The molecular weight excluding hydrogens is 779 g/mol. The van der Waals surface area contributed by atoms with Crippen molar-refractivity contribution in [1.82, 2.24) is 36.1 Å². The van der Waals surface area contributed by atoms with E-state index in [1.165, 1.54) is 18.6 Å². The molecule has 1 aliphatic heterocycles. The average Bonchev–Trinajstić information content (AvgIpc) is 3.65. The second kappa shape index (κ2) is 24.3. The second-order valence-corrected chi connectivity index (χ2v) is 15.5. The number of amides is 5. The number of ketones is 1. The smallest absolute Gasteiger partial charge is 0.289 e. The zero-order valence-electron chi connectivity index (χ0n) is 31.3. The van der Waals surface area contributed by atoms with Crippen molar-refractivity contribution in [2.24, 2.45) is 23.2 Å². The lowest BCUT2D eigenvalue weighted by Crippen LogP contribution is -2.62. The highest BCUT2D eigenvalue weighted by Gasteiger charge is 2.52. The van der Waals surface area contributed by atoms with Crippen molar-refractivity contribution in [3.8, 4) is 0 Å². The van der Waals surface area contributed by atoms with Gasteiger partial charge in [-0.15, -0.1) is 0 Å². The van der Waals surface area contributed by atoms with E-state index < -0.39 is 59.0 Å². The van der Waals surface area contributed by atoms with Gasteiger partial charge < -0.3 is 26.2 Å². The summed E-state index contributed by atoms with van der Waals surface area (Å²) in [6.07, 6.45) is 13.9. The summed E-state index contributed by atoms with van der Waals surface area (Å²) in [5.74, 6) is -3.20. The lowest BCUT2D eigenvalue weighted by Gasteiger charge is -2.38. The Morgan fingerprint density at radius 2 is 1.49 bits per heavy atom. The highest BCUT2D eigenvalue weighted by Crippen LogP contribution is 2.43. The van der Waals surface area contributed by atoms with Crippen LogP contribution in [0.25, 0.3) is 0 Å². The third kappa shape index (κ3) is 13.8. The Bertz CT molecular complexity index is 1410. The number of hydrogen-bond acceptors (Lipinski definition) is 8. The van der Waals surface area contributed by atoms with Crippen LogP contribution in [-0.4, -0.2) is 86.9 Å². The largest absolute Gasteiger partial charge is 0.347 e. The fourth-order valence-corrected chi connectivity index (χ4v) is 7.87. The van der Waals surface area contributed by atoms with Crippen molar-refractivity contribution in [1.29, 1.82) is 0 Å². The lowest BCUT2D eigenvalue weighted by atomic mass is 9.82. The van der Waals surface area contributed by atoms with Gasteiger partial charge in [-0.3, -0.25) is 33.8 Å². The molecule has 1 aromatic rings. The van der Waals surface area contributed by atoms with Gasteiger partial charge in [-0.2, -0.15) is 54.0 Å². The van der Waals surface area contributed by atoms with E-state index in [-0.39, 0.29) is 104 Å². The number of nitrogens with zero attached hydrogens (tertiary/aromatic N) is 3. The van der Waals surface area contributed by atoms with Crippen LogP contribution in [0.15, 0.2) is 18.6 Å². The number of fused-ring (bicyclic) bond motifs is 1. The van der Waals surface area contributed by atoms with Gasteiger partial charge >= 0.3 is 0 Å². The normalized spacial score (nSPS) is 21.6. The van der Waals surface area contributed by atoms with E-state index >= 15 is 0 Å². The first-order chi connectivity index (χ1) is 23.4. The van der Waals surface area contributed by atoms with Crippen LogP contribution in [0, 0.1) is 23.2 Å². The lowest BCUT2D eigenvalue weighted by molar-refractivity contribution is -0.146. The Balaban J connectivity index is 0. The number of hydrogen-bond donors (Lipinski definition) is 4. The summed E-state index contributed by atoms with van der Waals surface area (Å²) in [5, 5.41) is 11.5. The molecule has 3 saturated carbocycles. The molecule has 0 bridgehead atoms. The summed E-state index contributed by atoms with van der Waals surface area (Å²) in [6.45, 7) is 7.85. The van der Waals surface area contributed by atoms with E-state index in [4.69, 9.17) is 0 Å². The number of carbonyl (C=O) groups is 6. The minimum absolute atomic E-state index is 0. The van der Waals surface area contributed by atoms with Gasteiger partial charge in [0.05, 0.1) is 12.2 Å². The molecule has 5 amide bonds. The molecule has 1 aromatic heterocycles. The molecule has 13 nitrogen and oxygen atoms in total. The molecular formula is C38H69N7O6S4. The Labute approximate surface area is 356 Å². The SMILES string of the molecule is C.C.CCC[C@H](NC(=O)C1[C@H]2CCC[C@@H]2CN1C(=O)[C@@H](NC(=O)[C@H](NC(=O)c1cnccn1)C1CCCCC1)C(C)(C)C)C(=O)C(=O)NC1CC1.S.S.S.S. The third-order valence-corrected chi connectivity index (χ3v) is 10.7. The van der Waals surface area contributed by atoms with Gasteiger partial charge in [0.15, 0.2) is 0 Å². The van der Waals surface area contributed by atoms with Gasteiger partial charge in [0.1, 0.15) is 23.8 Å². The van der Waals surface area contributed by atoms with Crippen molar-refractivity contribution in [3.05, 3.63) is 24.3 Å². The first kappa shape index (κ1) is 54.6. The zero-order chi connectivity index (χ0) is 35.3. The Kier molecular flexibility index (Phi) is 24.1. The molecule has 316 valence electrons. The van der Waals surface area contributed by atoms with Gasteiger partial charge in [-0.05, 0) is 68.1 Å². The van der Waals surface area contributed by atoms with Crippen molar-refractivity contribution >= 4 is 89.3 Å². The maximum Gasteiger partial charge on any atom is 0.289 e. The zero-order valence-corrected chi connectivity index (χ0v) is 35.3. The molecule has 4 fully saturated rings. The summed E-state index contributed by atoms with van der Waals surface area (Å²) >= 11 is 0. The van der Waals surface area contributed by atoms with Crippen LogP contribution in [0.4, 0.5) is 0 Å². The summed E-state index contributed by atoms with van der Waals surface area (Å²) in [5.41, 5.74) is -0.638. The number of Topliss-reactive ketones (excluding diaryl/α,β-unsaturated/α-hetero) is 1. The minimum atomic E-state index is -0.994. The van der Waals surface area contributed by atoms with E-state index in [0.29, 0.717) is 19.4 Å².